The fourth-order valence-corrected chi connectivity index (χ4v) is 2.43. The van der Waals surface area contributed by atoms with Gasteiger partial charge in [-0.3, -0.25) is 4.90 Å². The van der Waals surface area contributed by atoms with E-state index in [0.29, 0.717) is 0 Å². The number of halogens is 3. The predicted molar refractivity (Wildman–Crippen MR) is 87.0 cm³/mol. The minimum absolute atomic E-state index is 0. The van der Waals surface area contributed by atoms with Gasteiger partial charge < -0.3 is 9.88 Å². The van der Waals surface area contributed by atoms with Crippen molar-refractivity contribution in [1.29, 1.82) is 0 Å². The molecule has 0 aliphatic carbocycles. The van der Waals surface area contributed by atoms with Crippen molar-refractivity contribution < 1.29 is 4.39 Å². The Kier molecular flexibility index (Phi) is 6.95. The summed E-state index contributed by atoms with van der Waals surface area (Å²) in [5.74, 6) is -0.179. The minimum atomic E-state index is -0.179. The molecule has 0 bridgehead atoms. The smallest absolute Gasteiger partial charge is 0.123 e. The summed E-state index contributed by atoms with van der Waals surface area (Å²) in [4.78, 5) is 11.8. The molecule has 1 aromatic carbocycles. The van der Waals surface area contributed by atoms with E-state index >= 15 is 0 Å². The Bertz CT molecular complexity index is 510. The number of H-pyrrole nitrogens is 1. The largest absolute Gasteiger partial charge is 0.369 e. The van der Waals surface area contributed by atoms with Crippen molar-refractivity contribution in [3.05, 3.63) is 48.3 Å². The van der Waals surface area contributed by atoms with Crippen LogP contribution in [0.15, 0.2) is 36.8 Å². The monoisotopic (exact) mass is 332 g/mol. The van der Waals surface area contributed by atoms with Crippen LogP contribution >= 0.6 is 24.8 Å². The van der Waals surface area contributed by atoms with E-state index in [1.54, 1.807) is 6.33 Å². The van der Waals surface area contributed by atoms with Gasteiger partial charge in [0.1, 0.15) is 5.82 Å². The fraction of sp³-hybridized carbons (Fsp3) is 0.357. The third-order valence-corrected chi connectivity index (χ3v) is 3.51. The van der Waals surface area contributed by atoms with Crippen LogP contribution in [-0.2, 0) is 6.54 Å². The van der Waals surface area contributed by atoms with E-state index in [-0.39, 0.29) is 30.6 Å². The summed E-state index contributed by atoms with van der Waals surface area (Å²) in [6.45, 7) is 4.88. The number of nitrogens with one attached hydrogen (secondary N) is 1. The summed E-state index contributed by atoms with van der Waals surface area (Å²) in [5.41, 5.74) is 2.25. The number of rotatable bonds is 3. The quantitative estimate of drug-likeness (QED) is 0.938. The molecule has 0 amide bonds. The zero-order chi connectivity index (χ0) is 13.1. The summed E-state index contributed by atoms with van der Waals surface area (Å²) in [6.07, 6.45) is 3.58. The number of aromatic amines is 1. The molecule has 0 saturated carbocycles. The van der Waals surface area contributed by atoms with Gasteiger partial charge in [0, 0.05) is 50.3 Å². The zero-order valence-corrected chi connectivity index (χ0v) is 13.2. The number of hydrogen-bond acceptors (Lipinski definition) is 3. The first-order valence-electron chi connectivity index (χ1n) is 6.51. The summed E-state index contributed by atoms with van der Waals surface area (Å²) < 4.78 is 12.9. The Morgan fingerprint density at radius 1 is 1.05 bits per heavy atom. The first-order valence-corrected chi connectivity index (χ1v) is 6.51. The van der Waals surface area contributed by atoms with Gasteiger partial charge in [-0.15, -0.1) is 24.8 Å². The number of hydrogen-bond donors (Lipinski definition) is 1. The van der Waals surface area contributed by atoms with Crippen LogP contribution in [0.2, 0.25) is 0 Å². The van der Waals surface area contributed by atoms with Crippen LogP contribution < -0.4 is 4.90 Å². The Labute approximate surface area is 136 Å². The average Bonchev–Trinajstić information content (AvgIpc) is 2.94. The molecule has 21 heavy (non-hydrogen) atoms. The van der Waals surface area contributed by atoms with E-state index in [0.717, 1.165) is 44.1 Å². The van der Waals surface area contributed by atoms with Crippen molar-refractivity contribution in [3.63, 3.8) is 0 Å². The van der Waals surface area contributed by atoms with E-state index in [1.165, 1.54) is 12.1 Å². The van der Waals surface area contributed by atoms with Crippen LogP contribution in [-0.4, -0.2) is 41.0 Å². The van der Waals surface area contributed by atoms with Crippen LogP contribution in [0.25, 0.3) is 0 Å². The van der Waals surface area contributed by atoms with E-state index in [9.17, 15) is 4.39 Å². The molecule has 2 heterocycles. The number of imidazole rings is 1. The maximum atomic E-state index is 12.9. The van der Waals surface area contributed by atoms with Crippen LogP contribution in [0.1, 0.15) is 5.69 Å². The first-order chi connectivity index (χ1) is 9.31. The summed E-state index contributed by atoms with van der Waals surface area (Å²) in [5, 5.41) is 0. The Hall–Kier alpha value is -1.30. The van der Waals surface area contributed by atoms with Crippen molar-refractivity contribution in [2.75, 3.05) is 31.1 Å². The number of benzene rings is 1. The summed E-state index contributed by atoms with van der Waals surface area (Å²) in [6, 6.07) is 6.73. The molecule has 1 aliphatic heterocycles. The first kappa shape index (κ1) is 17.8. The summed E-state index contributed by atoms with van der Waals surface area (Å²) >= 11 is 0. The van der Waals surface area contributed by atoms with Gasteiger partial charge >= 0.3 is 0 Å². The lowest BCUT2D eigenvalue weighted by Crippen LogP contribution is -2.46. The fourth-order valence-electron chi connectivity index (χ4n) is 2.43. The highest BCUT2D eigenvalue weighted by Crippen LogP contribution is 2.17. The molecule has 1 N–H and O–H groups in total. The lowest BCUT2D eigenvalue weighted by atomic mass is 10.2. The molecule has 1 aromatic heterocycles. The van der Waals surface area contributed by atoms with E-state index < -0.39 is 0 Å². The zero-order valence-electron chi connectivity index (χ0n) is 11.5. The molecule has 4 nitrogen and oxygen atoms in total. The Morgan fingerprint density at radius 2 is 1.71 bits per heavy atom. The van der Waals surface area contributed by atoms with Crippen LogP contribution in [0, 0.1) is 5.82 Å². The predicted octanol–water partition coefficient (Wildman–Crippen LogP) is 2.71. The van der Waals surface area contributed by atoms with E-state index in [1.807, 2.05) is 18.3 Å². The minimum Gasteiger partial charge on any atom is -0.369 e. The van der Waals surface area contributed by atoms with Gasteiger partial charge in [0.25, 0.3) is 0 Å². The highest BCUT2D eigenvalue weighted by Gasteiger charge is 2.17. The van der Waals surface area contributed by atoms with Gasteiger partial charge in [0.2, 0.25) is 0 Å². The lowest BCUT2D eigenvalue weighted by Gasteiger charge is -2.35. The highest BCUT2D eigenvalue weighted by atomic mass is 35.5. The topological polar surface area (TPSA) is 35.2 Å². The molecule has 0 radical (unpaired) electrons. The maximum Gasteiger partial charge on any atom is 0.123 e. The second-order valence-corrected chi connectivity index (χ2v) is 4.82. The SMILES string of the molecule is Cl.Cl.Fc1ccc(N2CCN(Cc3cnc[nH]3)CC2)cc1. The molecular weight excluding hydrogens is 314 g/mol. The Morgan fingerprint density at radius 3 is 2.29 bits per heavy atom. The van der Waals surface area contributed by atoms with Gasteiger partial charge in [-0.2, -0.15) is 0 Å². The highest BCUT2D eigenvalue weighted by molar-refractivity contribution is 5.85. The van der Waals surface area contributed by atoms with Crippen molar-refractivity contribution >= 4 is 30.5 Å². The van der Waals surface area contributed by atoms with Crippen LogP contribution in [0.3, 0.4) is 0 Å². The normalized spacial score (nSPS) is 15.2. The van der Waals surface area contributed by atoms with E-state index in [4.69, 9.17) is 0 Å². The molecule has 1 fully saturated rings. The lowest BCUT2D eigenvalue weighted by molar-refractivity contribution is 0.247. The molecule has 3 rings (SSSR count). The van der Waals surface area contributed by atoms with Gasteiger partial charge in [-0.05, 0) is 24.3 Å². The summed E-state index contributed by atoms with van der Waals surface area (Å²) in [7, 11) is 0. The Balaban J connectivity index is 0.00000110. The van der Waals surface area contributed by atoms with Crippen LogP contribution in [0.4, 0.5) is 10.1 Å². The molecule has 116 valence electrons. The molecule has 7 heteroatoms. The standard InChI is InChI=1S/C14H17FN4.2ClH/c15-12-1-3-14(4-2-12)19-7-5-18(6-8-19)10-13-9-16-11-17-13;;/h1-4,9,11H,5-8,10H2,(H,16,17);2*1H. The van der Waals surface area contributed by atoms with Gasteiger partial charge in [-0.25, -0.2) is 9.37 Å². The number of aromatic nitrogens is 2. The molecule has 0 unspecified atom stereocenters. The molecule has 1 saturated heterocycles. The van der Waals surface area contributed by atoms with Crippen molar-refractivity contribution in [2.45, 2.75) is 6.54 Å². The number of nitrogens with zero attached hydrogens (tertiary/aromatic N) is 3. The second kappa shape index (κ2) is 8.22. The van der Waals surface area contributed by atoms with Crippen molar-refractivity contribution in [1.82, 2.24) is 14.9 Å². The third kappa shape index (κ3) is 4.59. The average molecular weight is 333 g/mol. The molecular formula is C14H19Cl2FN4. The molecule has 1 aliphatic rings. The third-order valence-electron chi connectivity index (χ3n) is 3.51. The van der Waals surface area contributed by atoms with E-state index in [2.05, 4.69) is 19.8 Å². The van der Waals surface area contributed by atoms with Gasteiger partial charge in [0.15, 0.2) is 0 Å². The van der Waals surface area contributed by atoms with Crippen molar-refractivity contribution in [3.8, 4) is 0 Å². The van der Waals surface area contributed by atoms with Crippen LogP contribution in [0.5, 0.6) is 0 Å². The molecule has 2 aromatic rings. The second-order valence-electron chi connectivity index (χ2n) is 4.82. The molecule has 0 spiro atoms. The molecule has 0 atom stereocenters. The van der Waals surface area contributed by atoms with Crippen molar-refractivity contribution in [2.24, 2.45) is 0 Å². The maximum absolute atomic E-state index is 12.9. The number of piperazine rings is 1. The van der Waals surface area contributed by atoms with Gasteiger partial charge in [-0.1, -0.05) is 0 Å². The number of anilines is 1. The van der Waals surface area contributed by atoms with Gasteiger partial charge in [0.05, 0.1) is 6.33 Å².